The zero-order chi connectivity index (χ0) is 23.2. The van der Waals surface area contributed by atoms with Crippen LogP contribution in [0.1, 0.15) is 19.3 Å². The second-order valence-electron chi connectivity index (χ2n) is 7.85. The van der Waals surface area contributed by atoms with E-state index in [1.165, 1.54) is 6.07 Å². The van der Waals surface area contributed by atoms with Gasteiger partial charge < -0.3 is 23.0 Å². The maximum atomic E-state index is 11.6. The third-order valence-corrected chi connectivity index (χ3v) is 5.42. The highest BCUT2D eigenvalue weighted by atomic mass is 16.5. The number of rotatable bonds is 10. The highest BCUT2D eigenvalue weighted by Crippen LogP contribution is 2.35. The van der Waals surface area contributed by atoms with Crippen molar-refractivity contribution in [2.45, 2.75) is 19.3 Å². The molecule has 0 aliphatic carbocycles. The molecule has 0 fully saturated rings. The van der Waals surface area contributed by atoms with Crippen LogP contribution in [0.4, 0.5) is 0 Å². The summed E-state index contributed by atoms with van der Waals surface area (Å²) in [7, 11) is 0. The van der Waals surface area contributed by atoms with Gasteiger partial charge in [-0.3, -0.25) is 0 Å². The molecule has 5 aromatic rings. The van der Waals surface area contributed by atoms with E-state index >= 15 is 0 Å². The Kier molecular flexibility index (Phi) is 6.47. The first-order valence-corrected chi connectivity index (χ1v) is 11.3. The van der Waals surface area contributed by atoms with Crippen LogP contribution in [0.2, 0.25) is 0 Å². The lowest BCUT2D eigenvalue weighted by Crippen LogP contribution is -2.02. The monoisotopic (exact) mass is 456 g/mol. The Morgan fingerprint density at radius 2 is 1.35 bits per heavy atom. The van der Waals surface area contributed by atoms with Crippen LogP contribution in [0, 0.1) is 0 Å². The summed E-state index contributed by atoms with van der Waals surface area (Å²) in [4.78, 5) is 11.6. The molecule has 0 radical (unpaired) electrons. The van der Waals surface area contributed by atoms with Crippen LogP contribution in [-0.2, 0) is 0 Å². The topological polar surface area (TPSA) is 71.0 Å². The maximum Gasteiger partial charge on any atom is 0.336 e. The molecule has 0 saturated carbocycles. The third-order valence-electron chi connectivity index (χ3n) is 5.42. The molecule has 6 heteroatoms. The van der Waals surface area contributed by atoms with Gasteiger partial charge in [-0.1, -0.05) is 18.2 Å². The van der Waals surface area contributed by atoms with Gasteiger partial charge in [0.1, 0.15) is 34.2 Å². The van der Waals surface area contributed by atoms with Gasteiger partial charge in [-0.2, -0.15) is 0 Å². The van der Waals surface area contributed by atoms with Crippen molar-refractivity contribution in [3.63, 3.8) is 0 Å². The van der Waals surface area contributed by atoms with Gasteiger partial charge in [0.05, 0.1) is 30.2 Å². The minimum absolute atomic E-state index is 0.400. The van der Waals surface area contributed by atoms with Crippen molar-refractivity contribution in [3.05, 3.63) is 95.5 Å². The summed E-state index contributed by atoms with van der Waals surface area (Å²) in [5, 5.41) is 1.63. The van der Waals surface area contributed by atoms with E-state index in [1.807, 2.05) is 60.7 Å². The number of hydrogen-bond acceptors (Lipinski definition) is 6. The van der Waals surface area contributed by atoms with Crippen molar-refractivity contribution in [1.29, 1.82) is 0 Å². The van der Waals surface area contributed by atoms with E-state index in [9.17, 15) is 4.79 Å². The number of para-hydroxylation sites is 1. The quantitative estimate of drug-likeness (QED) is 0.167. The van der Waals surface area contributed by atoms with Crippen LogP contribution in [0.25, 0.3) is 21.9 Å². The van der Waals surface area contributed by atoms with Gasteiger partial charge in [0.25, 0.3) is 0 Å². The summed E-state index contributed by atoms with van der Waals surface area (Å²) in [6.07, 6.45) is 4.35. The van der Waals surface area contributed by atoms with Gasteiger partial charge in [0, 0.05) is 12.1 Å². The largest absolute Gasteiger partial charge is 0.494 e. The molecule has 0 atom stereocenters. The van der Waals surface area contributed by atoms with Crippen molar-refractivity contribution in [3.8, 4) is 23.0 Å². The molecule has 172 valence electrons. The van der Waals surface area contributed by atoms with Crippen molar-refractivity contribution in [2.75, 3.05) is 13.2 Å². The summed E-state index contributed by atoms with van der Waals surface area (Å²) in [6.45, 7) is 1.17. The first kappa shape index (κ1) is 21.6. The zero-order valence-electron chi connectivity index (χ0n) is 18.6. The number of hydrogen-bond donors (Lipinski definition) is 0. The van der Waals surface area contributed by atoms with E-state index in [-0.39, 0.29) is 0 Å². The Morgan fingerprint density at radius 1 is 0.647 bits per heavy atom. The summed E-state index contributed by atoms with van der Waals surface area (Å²) in [6, 6.07) is 24.0. The Hall–Kier alpha value is -4.19. The third kappa shape index (κ3) is 5.07. The molecule has 34 heavy (non-hydrogen) atoms. The fourth-order valence-electron chi connectivity index (χ4n) is 3.74. The molecule has 0 spiro atoms. The molecule has 0 unspecified atom stereocenters. The summed E-state index contributed by atoms with van der Waals surface area (Å²) in [5.41, 5.74) is 0.687. The highest BCUT2D eigenvalue weighted by Gasteiger charge is 2.13. The molecular formula is C28H24O6. The molecule has 0 aliphatic rings. The van der Waals surface area contributed by atoms with Gasteiger partial charge in [-0.25, -0.2) is 4.79 Å². The molecule has 0 saturated heterocycles. The van der Waals surface area contributed by atoms with Crippen molar-refractivity contribution in [2.24, 2.45) is 0 Å². The van der Waals surface area contributed by atoms with Gasteiger partial charge in [-0.15, -0.1) is 0 Å². The predicted molar refractivity (Wildman–Crippen MR) is 130 cm³/mol. The smallest absolute Gasteiger partial charge is 0.336 e. The molecular weight excluding hydrogens is 432 g/mol. The van der Waals surface area contributed by atoms with E-state index in [4.69, 9.17) is 23.0 Å². The second kappa shape index (κ2) is 10.2. The van der Waals surface area contributed by atoms with E-state index in [0.29, 0.717) is 30.1 Å². The second-order valence-corrected chi connectivity index (χ2v) is 7.85. The first-order valence-electron chi connectivity index (χ1n) is 11.3. The van der Waals surface area contributed by atoms with Gasteiger partial charge in [0.2, 0.25) is 0 Å². The lowest BCUT2D eigenvalue weighted by atomic mass is 10.1. The minimum atomic E-state index is -0.400. The Labute approximate surface area is 196 Å². The molecule has 0 N–H and O–H groups in total. The Bertz CT molecular complexity index is 1420. The molecule has 5 rings (SSSR count). The number of furan rings is 1. The van der Waals surface area contributed by atoms with Crippen LogP contribution in [-0.4, -0.2) is 13.2 Å². The summed E-state index contributed by atoms with van der Waals surface area (Å²) >= 11 is 0. The highest BCUT2D eigenvalue weighted by molar-refractivity contribution is 6.01. The fraction of sp³-hybridized carbons (Fsp3) is 0.179. The normalized spacial score (nSPS) is 11.1. The fourth-order valence-corrected chi connectivity index (χ4v) is 3.74. The van der Waals surface area contributed by atoms with Gasteiger partial charge >= 0.3 is 5.63 Å². The molecule has 2 heterocycles. The predicted octanol–water partition coefficient (Wildman–Crippen LogP) is 6.96. The van der Waals surface area contributed by atoms with E-state index in [1.54, 1.807) is 18.4 Å². The number of fused-ring (bicyclic) bond motifs is 2. The summed E-state index contributed by atoms with van der Waals surface area (Å²) < 4.78 is 28.5. The average molecular weight is 456 g/mol. The zero-order valence-corrected chi connectivity index (χ0v) is 18.6. The standard InChI is InChI=1S/C28H24O6/c29-27-14-13-23-26(34-27)19-25-24(15-18-31-25)28(23)32-17-6-2-5-16-30-20-9-11-22(12-10-20)33-21-7-3-1-4-8-21/h1,3-4,7-15,18-19H,2,5-6,16-17H2. The summed E-state index contributed by atoms with van der Waals surface area (Å²) in [5.74, 6) is 3.07. The molecule has 0 aliphatic heterocycles. The number of benzene rings is 3. The van der Waals surface area contributed by atoms with E-state index in [0.717, 1.165) is 47.3 Å². The van der Waals surface area contributed by atoms with E-state index < -0.39 is 5.63 Å². The van der Waals surface area contributed by atoms with Crippen molar-refractivity contribution < 1.29 is 23.0 Å². The molecule has 2 aromatic heterocycles. The van der Waals surface area contributed by atoms with Gasteiger partial charge in [0.15, 0.2) is 0 Å². The molecule has 0 bridgehead atoms. The maximum absolute atomic E-state index is 11.6. The first-order chi connectivity index (χ1) is 16.8. The minimum Gasteiger partial charge on any atom is -0.494 e. The Balaban J connectivity index is 1.08. The number of unbranched alkanes of at least 4 members (excludes halogenated alkanes) is 2. The lowest BCUT2D eigenvalue weighted by molar-refractivity contribution is 0.282. The van der Waals surface area contributed by atoms with Crippen LogP contribution < -0.4 is 19.8 Å². The number of ether oxygens (including phenoxy) is 3. The Morgan fingerprint density at radius 3 is 2.18 bits per heavy atom. The van der Waals surface area contributed by atoms with Crippen molar-refractivity contribution in [1.82, 2.24) is 0 Å². The SMILES string of the molecule is O=c1ccc2c(OCCCCCOc3ccc(Oc4ccccc4)cc3)c3ccoc3cc2o1. The van der Waals surface area contributed by atoms with Crippen LogP contribution in [0.5, 0.6) is 23.0 Å². The van der Waals surface area contributed by atoms with E-state index in [2.05, 4.69) is 0 Å². The van der Waals surface area contributed by atoms with Gasteiger partial charge in [-0.05, 0) is 67.8 Å². The van der Waals surface area contributed by atoms with Crippen molar-refractivity contribution >= 4 is 21.9 Å². The molecule has 3 aromatic carbocycles. The molecule has 6 nitrogen and oxygen atoms in total. The molecule has 0 amide bonds. The van der Waals surface area contributed by atoms with Crippen LogP contribution >= 0.6 is 0 Å². The van der Waals surface area contributed by atoms with Crippen LogP contribution in [0.3, 0.4) is 0 Å². The lowest BCUT2D eigenvalue weighted by Gasteiger charge is -2.10. The average Bonchev–Trinajstić information content (AvgIpc) is 3.32. The van der Waals surface area contributed by atoms with Crippen LogP contribution in [0.15, 0.2) is 98.8 Å².